The number of allylic oxidation sites excluding steroid dienone is 2. The molecule has 0 spiro atoms. The first-order chi connectivity index (χ1) is 7.70. The third-order valence-corrected chi connectivity index (χ3v) is 4.14. The molecule has 0 saturated heterocycles. The summed E-state index contributed by atoms with van der Waals surface area (Å²) in [5.74, 6) is 1.88. The molecule has 0 bridgehead atoms. The smallest absolute Gasteiger partial charge is 0.306 e. The summed E-state index contributed by atoms with van der Waals surface area (Å²) in [6.07, 6.45) is 9.44. The highest BCUT2D eigenvalue weighted by Gasteiger charge is 2.31. The third-order valence-electron chi connectivity index (χ3n) is 4.14. The summed E-state index contributed by atoms with van der Waals surface area (Å²) in [6, 6.07) is 0. The van der Waals surface area contributed by atoms with E-state index in [0.717, 1.165) is 5.92 Å². The fraction of sp³-hybridized carbons (Fsp3) is 0.786. The fourth-order valence-corrected chi connectivity index (χ4v) is 3.24. The molecule has 0 N–H and O–H groups in total. The fourth-order valence-electron chi connectivity index (χ4n) is 3.24. The Bertz CT molecular complexity index is 293. The molecule has 2 aliphatic carbocycles. The van der Waals surface area contributed by atoms with Crippen LogP contribution in [0.25, 0.3) is 0 Å². The minimum atomic E-state index is -0.0511. The van der Waals surface area contributed by atoms with E-state index in [4.69, 9.17) is 4.74 Å². The topological polar surface area (TPSA) is 26.3 Å². The average molecular weight is 222 g/mol. The quantitative estimate of drug-likeness (QED) is 0.529. The van der Waals surface area contributed by atoms with Crippen molar-refractivity contribution in [2.24, 2.45) is 17.8 Å². The summed E-state index contributed by atoms with van der Waals surface area (Å²) in [6.45, 7) is 2.28. The Labute approximate surface area is 98.1 Å². The van der Waals surface area contributed by atoms with Gasteiger partial charge in [0, 0.05) is 0 Å². The number of ether oxygens (including phenoxy) is 1. The molecule has 0 aromatic carbocycles. The van der Waals surface area contributed by atoms with Crippen molar-refractivity contribution in [2.75, 3.05) is 7.11 Å². The van der Waals surface area contributed by atoms with Crippen LogP contribution in [-0.2, 0) is 9.53 Å². The van der Waals surface area contributed by atoms with Gasteiger partial charge in [-0.1, -0.05) is 25.0 Å². The second-order valence-corrected chi connectivity index (χ2v) is 5.33. The summed E-state index contributed by atoms with van der Waals surface area (Å²) in [7, 11) is 1.49. The van der Waals surface area contributed by atoms with Crippen molar-refractivity contribution in [3.8, 4) is 0 Å². The molecule has 2 nitrogen and oxygen atoms in total. The Kier molecular flexibility index (Phi) is 3.67. The first kappa shape index (κ1) is 11.7. The van der Waals surface area contributed by atoms with Crippen LogP contribution >= 0.6 is 0 Å². The Morgan fingerprint density at radius 2 is 2.19 bits per heavy atom. The Balaban J connectivity index is 2.08. The molecule has 3 atom stereocenters. The van der Waals surface area contributed by atoms with E-state index >= 15 is 0 Å². The zero-order chi connectivity index (χ0) is 11.5. The highest BCUT2D eigenvalue weighted by molar-refractivity contribution is 5.70. The summed E-state index contributed by atoms with van der Waals surface area (Å²) in [4.78, 5) is 11.4. The Morgan fingerprint density at radius 3 is 2.94 bits per heavy atom. The van der Waals surface area contributed by atoms with Gasteiger partial charge in [0.1, 0.15) is 0 Å². The van der Waals surface area contributed by atoms with Gasteiger partial charge in [-0.15, -0.1) is 0 Å². The lowest BCUT2D eigenvalue weighted by atomic mass is 9.69. The lowest BCUT2D eigenvalue weighted by Crippen LogP contribution is -2.25. The zero-order valence-corrected chi connectivity index (χ0v) is 10.4. The van der Waals surface area contributed by atoms with Gasteiger partial charge in [0.15, 0.2) is 0 Å². The summed E-state index contributed by atoms with van der Waals surface area (Å²) < 4.78 is 4.79. The van der Waals surface area contributed by atoms with Crippen LogP contribution < -0.4 is 0 Å². The summed E-state index contributed by atoms with van der Waals surface area (Å²) in [5.41, 5.74) is 1.57. The summed E-state index contributed by atoms with van der Waals surface area (Å²) in [5, 5.41) is 0. The number of fused-ring (bicyclic) bond motifs is 1. The van der Waals surface area contributed by atoms with Crippen LogP contribution in [0, 0.1) is 17.8 Å². The van der Waals surface area contributed by atoms with Gasteiger partial charge in [-0.25, -0.2) is 0 Å². The van der Waals surface area contributed by atoms with Crippen molar-refractivity contribution in [2.45, 2.75) is 45.4 Å². The number of esters is 1. The molecule has 1 saturated carbocycles. The van der Waals surface area contributed by atoms with Crippen LogP contribution in [0.1, 0.15) is 45.4 Å². The Hall–Kier alpha value is -0.790. The molecule has 16 heavy (non-hydrogen) atoms. The van der Waals surface area contributed by atoms with Crippen molar-refractivity contribution in [3.63, 3.8) is 0 Å². The van der Waals surface area contributed by atoms with Crippen LogP contribution in [0.4, 0.5) is 0 Å². The van der Waals surface area contributed by atoms with E-state index in [1.807, 2.05) is 0 Å². The average Bonchev–Trinajstić information content (AvgIpc) is 2.29. The number of carbonyl (C=O) groups excluding carboxylic acids is 1. The van der Waals surface area contributed by atoms with E-state index in [2.05, 4.69) is 13.0 Å². The highest BCUT2D eigenvalue weighted by Crippen LogP contribution is 2.42. The van der Waals surface area contributed by atoms with Gasteiger partial charge in [0.25, 0.3) is 0 Å². The van der Waals surface area contributed by atoms with Gasteiger partial charge in [-0.05, 0) is 43.4 Å². The van der Waals surface area contributed by atoms with Crippen molar-refractivity contribution >= 4 is 5.97 Å². The monoisotopic (exact) mass is 222 g/mol. The van der Waals surface area contributed by atoms with Crippen LogP contribution in [0.5, 0.6) is 0 Å². The van der Waals surface area contributed by atoms with E-state index in [9.17, 15) is 4.79 Å². The molecule has 0 aromatic heterocycles. The maximum atomic E-state index is 11.4. The van der Waals surface area contributed by atoms with Crippen molar-refractivity contribution in [1.29, 1.82) is 0 Å². The van der Waals surface area contributed by atoms with Crippen LogP contribution in [0.3, 0.4) is 0 Å². The van der Waals surface area contributed by atoms with Gasteiger partial charge in [-0.3, -0.25) is 4.79 Å². The second-order valence-electron chi connectivity index (χ2n) is 5.33. The molecule has 0 aromatic rings. The second kappa shape index (κ2) is 5.03. The predicted octanol–water partition coefficient (Wildman–Crippen LogP) is 3.32. The maximum absolute atomic E-state index is 11.4. The molecule has 2 rings (SSSR count). The first-order valence-electron chi connectivity index (χ1n) is 6.49. The van der Waals surface area contributed by atoms with Gasteiger partial charge in [0.05, 0.1) is 13.5 Å². The van der Waals surface area contributed by atoms with Crippen LogP contribution in [-0.4, -0.2) is 13.1 Å². The molecule has 0 unspecified atom stereocenters. The molecule has 0 aliphatic heterocycles. The van der Waals surface area contributed by atoms with Gasteiger partial charge >= 0.3 is 5.97 Å². The lowest BCUT2D eigenvalue weighted by molar-refractivity contribution is -0.141. The number of hydrogen-bond donors (Lipinski definition) is 0. The van der Waals surface area contributed by atoms with Crippen LogP contribution in [0.2, 0.25) is 0 Å². The number of hydrogen-bond acceptors (Lipinski definition) is 2. The molecule has 1 fully saturated rings. The molecule has 0 heterocycles. The third kappa shape index (κ3) is 2.47. The molecule has 2 heteroatoms. The van der Waals surface area contributed by atoms with E-state index in [0.29, 0.717) is 18.3 Å². The Morgan fingerprint density at radius 1 is 1.38 bits per heavy atom. The molecular weight excluding hydrogens is 200 g/mol. The normalized spacial score (nSPS) is 33.9. The van der Waals surface area contributed by atoms with E-state index < -0.39 is 0 Å². The van der Waals surface area contributed by atoms with Gasteiger partial charge < -0.3 is 4.74 Å². The molecule has 0 amide bonds. The number of methoxy groups -OCH3 is 1. The molecule has 0 radical (unpaired) electrons. The first-order valence-corrected chi connectivity index (χ1v) is 6.49. The van der Waals surface area contributed by atoms with E-state index in [1.54, 1.807) is 5.57 Å². The van der Waals surface area contributed by atoms with Gasteiger partial charge in [-0.2, -0.15) is 0 Å². The number of carbonyl (C=O) groups is 1. The zero-order valence-electron chi connectivity index (χ0n) is 10.4. The van der Waals surface area contributed by atoms with Crippen molar-refractivity contribution in [3.05, 3.63) is 11.6 Å². The summed E-state index contributed by atoms with van der Waals surface area (Å²) >= 11 is 0. The largest absolute Gasteiger partial charge is 0.469 e. The molecule has 2 aliphatic rings. The predicted molar refractivity (Wildman–Crippen MR) is 63.9 cm³/mol. The van der Waals surface area contributed by atoms with Crippen molar-refractivity contribution in [1.82, 2.24) is 0 Å². The standard InChI is InChI=1S/C14H22O2/c1-10-6-7-11-4-3-5-12(13(11)8-10)9-14(15)16-2/h8,10-12H,3-7,9H2,1-2H3/t10-,11-,12+/m1/s1. The highest BCUT2D eigenvalue weighted by atomic mass is 16.5. The van der Waals surface area contributed by atoms with E-state index in [-0.39, 0.29) is 5.97 Å². The van der Waals surface area contributed by atoms with E-state index in [1.165, 1.54) is 39.2 Å². The van der Waals surface area contributed by atoms with Crippen LogP contribution in [0.15, 0.2) is 11.6 Å². The van der Waals surface area contributed by atoms with Crippen molar-refractivity contribution < 1.29 is 9.53 Å². The van der Waals surface area contributed by atoms with Gasteiger partial charge in [0.2, 0.25) is 0 Å². The number of rotatable bonds is 2. The minimum Gasteiger partial charge on any atom is -0.469 e. The maximum Gasteiger partial charge on any atom is 0.306 e. The lowest BCUT2D eigenvalue weighted by Gasteiger charge is -2.36. The molecule has 90 valence electrons. The SMILES string of the molecule is COC(=O)C[C@@H]1CCC[C@@H]2CC[C@@H](C)C=C21. The molecular formula is C14H22O2. The minimum absolute atomic E-state index is 0.0511.